The fourth-order valence-corrected chi connectivity index (χ4v) is 1.55. The lowest BCUT2D eigenvalue weighted by atomic mass is 10.1. The summed E-state index contributed by atoms with van der Waals surface area (Å²) in [4.78, 5) is 22.1. The lowest BCUT2D eigenvalue weighted by Gasteiger charge is -2.14. The van der Waals surface area contributed by atoms with Gasteiger partial charge >= 0.3 is 12.2 Å². The smallest absolute Gasteiger partial charge is 0.337 e. The number of benzene rings is 1. The van der Waals surface area contributed by atoms with Crippen molar-refractivity contribution in [2.24, 2.45) is 0 Å². The Morgan fingerprint density at radius 2 is 1.95 bits per heavy atom. The minimum atomic E-state index is -4.63. The zero-order valence-electron chi connectivity index (χ0n) is 10.5. The largest absolute Gasteiger partial charge is 0.418 e. The molecule has 2 amide bonds. The Balaban J connectivity index is 2.77. The highest BCUT2D eigenvalue weighted by molar-refractivity contribution is 6.30. The molecule has 0 aliphatic heterocycles. The molecule has 0 aliphatic rings. The van der Waals surface area contributed by atoms with Gasteiger partial charge in [0.2, 0.25) is 0 Å². The standard InChI is InChI=1S/C12H12ClF3N2O2/c1-7(19)4-5-17-11(20)18-10-3-2-8(13)6-9(10)12(14,15)16/h2-3,6H,4-5H2,1H3,(H2,17,18,20). The van der Waals surface area contributed by atoms with Crippen LogP contribution in [0.25, 0.3) is 0 Å². The Bertz CT molecular complexity index is 518. The predicted molar refractivity (Wildman–Crippen MR) is 68.8 cm³/mol. The van der Waals surface area contributed by atoms with Gasteiger partial charge in [0.05, 0.1) is 11.3 Å². The molecular formula is C12H12ClF3N2O2. The molecule has 0 radical (unpaired) electrons. The highest BCUT2D eigenvalue weighted by atomic mass is 35.5. The minimum Gasteiger partial charge on any atom is -0.337 e. The van der Waals surface area contributed by atoms with Crippen molar-refractivity contribution in [3.63, 3.8) is 0 Å². The van der Waals surface area contributed by atoms with Gasteiger partial charge in [-0.25, -0.2) is 4.79 Å². The molecule has 0 atom stereocenters. The second kappa shape index (κ2) is 6.60. The molecule has 4 nitrogen and oxygen atoms in total. The van der Waals surface area contributed by atoms with Gasteiger partial charge in [-0.1, -0.05) is 11.6 Å². The number of urea groups is 1. The van der Waals surface area contributed by atoms with E-state index in [0.717, 1.165) is 12.1 Å². The van der Waals surface area contributed by atoms with E-state index >= 15 is 0 Å². The van der Waals surface area contributed by atoms with Gasteiger partial charge in [0, 0.05) is 18.0 Å². The molecule has 1 aromatic carbocycles. The third-order valence-electron chi connectivity index (χ3n) is 2.30. The fourth-order valence-electron chi connectivity index (χ4n) is 1.38. The van der Waals surface area contributed by atoms with Gasteiger partial charge in [0.1, 0.15) is 5.78 Å². The van der Waals surface area contributed by atoms with Gasteiger partial charge < -0.3 is 10.6 Å². The monoisotopic (exact) mass is 308 g/mol. The van der Waals surface area contributed by atoms with E-state index in [-0.39, 0.29) is 23.8 Å². The zero-order chi connectivity index (χ0) is 15.3. The number of carbonyl (C=O) groups excluding carboxylic acids is 2. The molecule has 0 bridgehead atoms. The van der Waals surface area contributed by atoms with E-state index < -0.39 is 23.5 Å². The summed E-state index contributed by atoms with van der Waals surface area (Å²) < 4.78 is 38.3. The van der Waals surface area contributed by atoms with E-state index in [0.29, 0.717) is 0 Å². The van der Waals surface area contributed by atoms with Crippen molar-refractivity contribution in [2.75, 3.05) is 11.9 Å². The van der Waals surface area contributed by atoms with Crippen LogP contribution in [0.5, 0.6) is 0 Å². The number of Topliss-reactive ketones (excluding diaryl/α,β-unsaturated/α-hetero) is 1. The third kappa shape index (κ3) is 5.08. The van der Waals surface area contributed by atoms with Gasteiger partial charge in [-0.2, -0.15) is 13.2 Å². The summed E-state index contributed by atoms with van der Waals surface area (Å²) >= 11 is 5.51. The molecule has 2 N–H and O–H groups in total. The summed E-state index contributed by atoms with van der Waals surface area (Å²) in [5.41, 5.74) is -1.44. The van der Waals surface area contributed by atoms with Crippen molar-refractivity contribution < 1.29 is 22.8 Å². The Hall–Kier alpha value is -1.76. The second-order valence-electron chi connectivity index (χ2n) is 4.02. The molecule has 0 heterocycles. The first-order valence-electron chi connectivity index (χ1n) is 5.61. The van der Waals surface area contributed by atoms with Crippen LogP contribution >= 0.6 is 11.6 Å². The van der Waals surface area contributed by atoms with E-state index in [4.69, 9.17) is 11.6 Å². The number of hydrogen-bond acceptors (Lipinski definition) is 2. The van der Waals surface area contributed by atoms with Crippen LogP contribution in [0.1, 0.15) is 18.9 Å². The van der Waals surface area contributed by atoms with E-state index in [1.807, 2.05) is 0 Å². The van der Waals surface area contributed by atoms with Crippen LogP contribution in [-0.2, 0) is 11.0 Å². The molecule has 1 rings (SSSR count). The van der Waals surface area contributed by atoms with Crippen LogP contribution < -0.4 is 10.6 Å². The number of nitrogens with one attached hydrogen (secondary N) is 2. The van der Waals surface area contributed by atoms with Gasteiger partial charge in [-0.05, 0) is 25.1 Å². The van der Waals surface area contributed by atoms with Crippen LogP contribution in [-0.4, -0.2) is 18.4 Å². The summed E-state index contributed by atoms with van der Waals surface area (Å²) in [6.07, 6.45) is -4.52. The molecule has 110 valence electrons. The normalized spacial score (nSPS) is 11.1. The van der Waals surface area contributed by atoms with Crippen molar-refractivity contribution in [3.05, 3.63) is 28.8 Å². The molecule has 1 aromatic rings. The summed E-state index contributed by atoms with van der Waals surface area (Å²) in [6, 6.07) is 2.21. The average molecular weight is 309 g/mol. The van der Waals surface area contributed by atoms with Crippen molar-refractivity contribution in [1.29, 1.82) is 0 Å². The van der Waals surface area contributed by atoms with Crippen molar-refractivity contribution in [1.82, 2.24) is 5.32 Å². The van der Waals surface area contributed by atoms with E-state index in [1.165, 1.54) is 13.0 Å². The number of ketones is 1. The molecule has 0 aromatic heterocycles. The minimum absolute atomic E-state index is 0.0517. The van der Waals surface area contributed by atoms with Gasteiger partial charge in [0.25, 0.3) is 0 Å². The first-order valence-corrected chi connectivity index (χ1v) is 5.99. The Morgan fingerprint density at radius 3 is 2.50 bits per heavy atom. The number of hydrogen-bond donors (Lipinski definition) is 2. The second-order valence-corrected chi connectivity index (χ2v) is 4.46. The highest BCUT2D eigenvalue weighted by Gasteiger charge is 2.34. The molecule has 8 heteroatoms. The molecule has 0 aliphatic carbocycles. The van der Waals surface area contributed by atoms with E-state index in [1.54, 1.807) is 0 Å². The molecular weight excluding hydrogens is 297 g/mol. The lowest BCUT2D eigenvalue weighted by molar-refractivity contribution is -0.136. The van der Waals surface area contributed by atoms with Gasteiger partial charge in [-0.3, -0.25) is 4.79 Å². The summed E-state index contributed by atoms with van der Waals surface area (Å²) in [6.45, 7) is 1.40. The molecule has 20 heavy (non-hydrogen) atoms. The average Bonchev–Trinajstić information content (AvgIpc) is 2.29. The number of amides is 2. The van der Waals surface area contributed by atoms with Crippen LogP contribution in [0, 0.1) is 0 Å². The molecule has 0 unspecified atom stereocenters. The first-order chi connectivity index (χ1) is 9.20. The molecule has 0 saturated heterocycles. The number of carbonyl (C=O) groups is 2. The summed E-state index contributed by atoms with van der Waals surface area (Å²) in [7, 11) is 0. The third-order valence-corrected chi connectivity index (χ3v) is 2.53. The van der Waals surface area contributed by atoms with Gasteiger partial charge in [-0.15, -0.1) is 0 Å². The summed E-state index contributed by atoms with van der Waals surface area (Å²) in [5, 5.41) is 4.28. The predicted octanol–water partition coefficient (Wildman–Crippen LogP) is 3.46. The fraction of sp³-hybridized carbons (Fsp3) is 0.333. The van der Waals surface area contributed by atoms with Crippen LogP contribution in [0.4, 0.5) is 23.7 Å². The van der Waals surface area contributed by atoms with Crippen LogP contribution in [0.3, 0.4) is 0 Å². The number of anilines is 1. The SMILES string of the molecule is CC(=O)CCNC(=O)Nc1ccc(Cl)cc1C(F)(F)F. The maximum Gasteiger partial charge on any atom is 0.418 e. The number of alkyl halides is 3. The van der Waals surface area contributed by atoms with E-state index in [2.05, 4.69) is 10.6 Å². The van der Waals surface area contributed by atoms with Gasteiger partial charge in [0.15, 0.2) is 0 Å². The lowest BCUT2D eigenvalue weighted by Crippen LogP contribution is -2.31. The number of halogens is 4. The summed E-state index contributed by atoms with van der Waals surface area (Å²) in [5.74, 6) is -0.132. The molecule has 0 spiro atoms. The van der Waals surface area contributed by atoms with Crippen molar-refractivity contribution >= 4 is 29.1 Å². The van der Waals surface area contributed by atoms with Crippen molar-refractivity contribution in [3.8, 4) is 0 Å². The van der Waals surface area contributed by atoms with Crippen LogP contribution in [0.2, 0.25) is 5.02 Å². The first kappa shape index (κ1) is 16.3. The Morgan fingerprint density at radius 1 is 1.30 bits per heavy atom. The Labute approximate surface area is 118 Å². The Kier molecular flexibility index (Phi) is 5.38. The zero-order valence-corrected chi connectivity index (χ0v) is 11.2. The topological polar surface area (TPSA) is 58.2 Å². The van der Waals surface area contributed by atoms with Crippen molar-refractivity contribution in [2.45, 2.75) is 19.5 Å². The van der Waals surface area contributed by atoms with Crippen LogP contribution in [0.15, 0.2) is 18.2 Å². The number of rotatable bonds is 4. The maximum absolute atomic E-state index is 12.8. The molecule has 0 saturated carbocycles. The maximum atomic E-state index is 12.8. The molecule has 0 fully saturated rings. The highest BCUT2D eigenvalue weighted by Crippen LogP contribution is 2.36. The quantitative estimate of drug-likeness (QED) is 0.895. The van der Waals surface area contributed by atoms with E-state index in [9.17, 15) is 22.8 Å².